The standard InChI is InChI=1S/C18H22N6O3/c1-27-16-7-8-19-17(22-16)24-11-9-23(10-12-24)13-15(25)21-18(26)20-14-5-3-2-4-6-14/h2-8H,9-13H2,1H3,(H2,20,21,25,26). The Balaban J connectivity index is 1.43. The summed E-state index contributed by atoms with van der Waals surface area (Å²) in [4.78, 5) is 36.6. The molecule has 27 heavy (non-hydrogen) atoms. The van der Waals surface area contributed by atoms with Gasteiger partial charge in [0, 0.05) is 44.1 Å². The molecule has 3 rings (SSSR count). The maximum Gasteiger partial charge on any atom is 0.325 e. The number of aromatic nitrogens is 2. The first-order chi connectivity index (χ1) is 13.1. The summed E-state index contributed by atoms with van der Waals surface area (Å²) < 4.78 is 5.12. The highest BCUT2D eigenvalue weighted by molar-refractivity contribution is 6.01. The number of hydrogen-bond donors (Lipinski definition) is 2. The molecule has 2 heterocycles. The monoisotopic (exact) mass is 370 g/mol. The topological polar surface area (TPSA) is 99.7 Å². The molecule has 0 radical (unpaired) electrons. The van der Waals surface area contributed by atoms with Crippen molar-refractivity contribution in [3.05, 3.63) is 42.6 Å². The number of amides is 3. The molecular formula is C18H22N6O3. The number of rotatable bonds is 5. The molecule has 142 valence electrons. The lowest BCUT2D eigenvalue weighted by Crippen LogP contribution is -2.50. The molecule has 1 saturated heterocycles. The van der Waals surface area contributed by atoms with Crippen molar-refractivity contribution in [2.24, 2.45) is 0 Å². The average molecular weight is 370 g/mol. The van der Waals surface area contributed by atoms with Crippen molar-refractivity contribution < 1.29 is 14.3 Å². The number of imide groups is 1. The number of carbonyl (C=O) groups is 2. The van der Waals surface area contributed by atoms with E-state index in [1.54, 1.807) is 31.5 Å². The molecular weight excluding hydrogens is 348 g/mol. The number of benzene rings is 1. The van der Waals surface area contributed by atoms with Gasteiger partial charge >= 0.3 is 6.03 Å². The van der Waals surface area contributed by atoms with Gasteiger partial charge in [0.1, 0.15) is 0 Å². The zero-order valence-electron chi connectivity index (χ0n) is 15.1. The fraction of sp³-hybridized carbons (Fsp3) is 0.333. The van der Waals surface area contributed by atoms with Gasteiger partial charge in [-0.2, -0.15) is 4.98 Å². The van der Waals surface area contributed by atoms with Gasteiger partial charge in [-0.05, 0) is 12.1 Å². The largest absolute Gasteiger partial charge is 0.481 e. The van der Waals surface area contributed by atoms with Crippen LogP contribution in [-0.2, 0) is 4.79 Å². The second kappa shape index (κ2) is 8.95. The number of piperazine rings is 1. The van der Waals surface area contributed by atoms with Crippen molar-refractivity contribution in [1.29, 1.82) is 0 Å². The molecule has 9 nitrogen and oxygen atoms in total. The Morgan fingerprint density at radius 2 is 1.85 bits per heavy atom. The zero-order chi connectivity index (χ0) is 19.1. The van der Waals surface area contributed by atoms with Crippen molar-refractivity contribution in [2.45, 2.75) is 0 Å². The molecule has 0 bridgehead atoms. The van der Waals surface area contributed by atoms with Crippen LogP contribution in [0.3, 0.4) is 0 Å². The number of para-hydroxylation sites is 1. The number of urea groups is 1. The van der Waals surface area contributed by atoms with Gasteiger partial charge in [-0.1, -0.05) is 18.2 Å². The molecule has 0 unspecified atom stereocenters. The molecule has 1 aromatic carbocycles. The fourth-order valence-corrected chi connectivity index (χ4v) is 2.76. The van der Waals surface area contributed by atoms with Crippen LogP contribution in [0.2, 0.25) is 0 Å². The molecule has 0 spiro atoms. The third kappa shape index (κ3) is 5.38. The normalized spacial score (nSPS) is 14.5. The molecule has 0 atom stereocenters. The van der Waals surface area contributed by atoms with Gasteiger partial charge in [0.25, 0.3) is 0 Å². The van der Waals surface area contributed by atoms with E-state index in [0.29, 0.717) is 43.7 Å². The third-order valence-electron chi connectivity index (χ3n) is 4.13. The number of nitrogens with one attached hydrogen (secondary N) is 2. The molecule has 2 N–H and O–H groups in total. The number of methoxy groups -OCH3 is 1. The summed E-state index contributed by atoms with van der Waals surface area (Å²) in [5.74, 6) is 0.793. The Kier molecular flexibility index (Phi) is 6.16. The Hall–Kier alpha value is -3.20. The van der Waals surface area contributed by atoms with Crippen LogP contribution in [0.4, 0.5) is 16.4 Å². The maximum absolute atomic E-state index is 12.1. The van der Waals surface area contributed by atoms with Crippen LogP contribution in [0.5, 0.6) is 5.88 Å². The van der Waals surface area contributed by atoms with Gasteiger partial charge in [0.15, 0.2) is 0 Å². The SMILES string of the molecule is COc1ccnc(N2CCN(CC(=O)NC(=O)Nc3ccccc3)CC2)n1. The van der Waals surface area contributed by atoms with Crippen LogP contribution in [0.25, 0.3) is 0 Å². The number of ether oxygens (including phenoxy) is 1. The number of anilines is 2. The molecule has 1 aliphatic heterocycles. The fourth-order valence-electron chi connectivity index (χ4n) is 2.76. The Morgan fingerprint density at radius 1 is 1.11 bits per heavy atom. The van der Waals surface area contributed by atoms with Crippen LogP contribution >= 0.6 is 0 Å². The van der Waals surface area contributed by atoms with Crippen molar-refractivity contribution in [3.8, 4) is 5.88 Å². The van der Waals surface area contributed by atoms with E-state index < -0.39 is 6.03 Å². The first-order valence-electron chi connectivity index (χ1n) is 8.64. The van der Waals surface area contributed by atoms with Crippen LogP contribution < -0.4 is 20.3 Å². The minimum Gasteiger partial charge on any atom is -0.481 e. The van der Waals surface area contributed by atoms with Gasteiger partial charge in [0.05, 0.1) is 13.7 Å². The van der Waals surface area contributed by atoms with Gasteiger partial charge in [-0.3, -0.25) is 15.0 Å². The van der Waals surface area contributed by atoms with Crippen molar-refractivity contribution >= 4 is 23.6 Å². The van der Waals surface area contributed by atoms with Crippen molar-refractivity contribution in [1.82, 2.24) is 20.2 Å². The highest BCUT2D eigenvalue weighted by Gasteiger charge is 2.21. The Morgan fingerprint density at radius 3 is 2.56 bits per heavy atom. The summed E-state index contributed by atoms with van der Waals surface area (Å²) in [7, 11) is 1.57. The van der Waals surface area contributed by atoms with Gasteiger partial charge in [-0.25, -0.2) is 9.78 Å². The van der Waals surface area contributed by atoms with Crippen LogP contribution in [0.15, 0.2) is 42.6 Å². The lowest BCUT2D eigenvalue weighted by Gasteiger charge is -2.34. The van der Waals surface area contributed by atoms with E-state index in [0.717, 1.165) is 0 Å². The van der Waals surface area contributed by atoms with Crippen LogP contribution in [0.1, 0.15) is 0 Å². The summed E-state index contributed by atoms with van der Waals surface area (Å²) in [5.41, 5.74) is 0.634. The van der Waals surface area contributed by atoms with Gasteiger partial charge in [0.2, 0.25) is 17.7 Å². The quantitative estimate of drug-likeness (QED) is 0.808. The number of hydrogen-bond acceptors (Lipinski definition) is 7. The first-order valence-corrected chi connectivity index (χ1v) is 8.64. The summed E-state index contributed by atoms with van der Waals surface area (Å²) in [6, 6.07) is 10.1. The summed E-state index contributed by atoms with van der Waals surface area (Å²) in [6.45, 7) is 2.89. The van der Waals surface area contributed by atoms with E-state index in [9.17, 15) is 9.59 Å². The van der Waals surface area contributed by atoms with E-state index >= 15 is 0 Å². The summed E-state index contributed by atoms with van der Waals surface area (Å²) in [6.07, 6.45) is 1.66. The van der Waals surface area contributed by atoms with Gasteiger partial charge < -0.3 is 15.0 Å². The van der Waals surface area contributed by atoms with Gasteiger partial charge in [-0.15, -0.1) is 0 Å². The lowest BCUT2D eigenvalue weighted by atomic mass is 10.3. The molecule has 9 heteroatoms. The summed E-state index contributed by atoms with van der Waals surface area (Å²) in [5, 5.41) is 4.97. The average Bonchev–Trinajstić information content (AvgIpc) is 2.69. The van der Waals surface area contributed by atoms with E-state index in [2.05, 4.69) is 20.6 Å². The number of nitrogens with zero attached hydrogens (tertiary/aromatic N) is 4. The second-order valence-electron chi connectivity index (χ2n) is 6.03. The van der Waals surface area contributed by atoms with Crippen LogP contribution in [0, 0.1) is 0 Å². The maximum atomic E-state index is 12.1. The highest BCUT2D eigenvalue weighted by atomic mass is 16.5. The van der Waals surface area contributed by atoms with Crippen molar-refractivity contribution in [3.63, 3.8) is 0 Å². The molecule has 3 amide bonds. The predicted octanol–water partition coefficient (Wildman–Crippen LogP) is 0.955. The minimum absolute atomic E-state index is 0.162. The smallest absolute Gasteiger partial charge is 0.325 e. The molecule has 0 aliphatic carbocycles. The van der Waals surface area contributed by atoms with Crippen LogP contribution in [-0.4, -0.2) is 66.6 Å². The second-order valence-corrected chi connectivity index (χ2v) is 6.03. The van der Waals surface area contributed by atoms with E-state index in [1.165, 1.54) is 0 Å². The van der Waals surface area contributed by atoms with E-state index in [4.69, 9.17) is 4.74 Å². The number of carbonyl (C=O) groups excluding carboxylic acids is 2. The molecule has 2 aromatic rings. The highest BCUT2D eigenvalue weighted by Crippen LogP contribution is 2.14. The predicted molar refractivity (Wildman–Crippen MR) is 101 cm³/mol. The Bertz CT molecular complexity index is 778. The molecule has 1 aromatic heterocycles. The minimum atomic E-state index is -0.533. The van der Waals surface area contributed by atoms with Crippen molar-refractivity contribution in [2.75, 3.05) is 50.1 Å². The molecule has 0 saturated carbocycles. The van der Waals surface area contributed by atoms with E-state index in [1.807, 2.05) is 28.0 Å². The lowest BCUT2D eigenvalue weighted by molar-refractivity contribution is -0.121. The first kappa shape index (κ1) is 18.6. The Labute approximate surface area is 157 Å². The third-order valence-corrected chi connectivity index (χ3v) is 4.13. The van der Waals surface area contributed by atoms with E-state index in [-0.39, 0.29) is 12.5 Å². The zero-order valence-corrected chi connectivity index (χ0v) is 15.1. The summed E-state index contributed by atoms with van der Waals surface area (Å²) >= 11 is 0. The molecule has 1 fully saturated rings. The molecule has 1 aliphatic rings.